The highest BCUT2D eigenvalue weighted by Gasteiger charge is 2.42. The number of carbonyl (C=O) groups is 1. The van der Waals surface area contributed by atoms with E-state index in [9.17, 15) is 9.18 Å². The Morgan fingerprint density at radius 3 is 2.59 bits per heavy atom. The van der Waals surface area contributed by atoms with E-state index in [2.05, 4.69) is 10.6 Å². The van der Waals surface area contributed by atoms with Crippen LogP contribution < -0.4 is 20.1 Å². The monoisotopic (exact) mass is 370 g/mol. The molecule has 2 aromatic carbocycles. The van der Waals surface area contributed by atoms with E-state index in [0.717, 1.165) is 37.1 Å². The molecule has 1 amide bonds. The van der Waals surface area contributed by atoms with Crippen LogP contribution in [0.15, 0.2) is 42.5 Å². The Morgan fingerprint density at radius 1 is 1.07 bits per heavy atom. The number of benzene rings is 2. The second-order valence-corrected chi connectivity index (χ2v) is 7.17. The minimum atomic E-state index is -0.548. The number of hydrogen-bond donors (Lipinski definition) is 2. The summed E-state index contributed by atoms with van der Waals surface area (Å²) in [7, 11) is 0. The molecule has 5 nitrogen and oxygen atoms in total. The first kappa shape index (κ1) is 17.6. The second kappa shape index (κ2) is 7.10. The van der Waals surface area contributed by atoms with Gasteiger partial charge in [0.25, 0.3) is 5.79 Å². The molecule has 0 radical (unpaired) electrons. The zero-order valence-electron chi connectivity index (χ0n) is 15.3. The maximum absolute atomic E-state index is 13.7. The van der Waals surface area contributed by atoms with E-state index in [1.165, 1.54) is 18.6 Å². The SMILES string of the molecule is CC(Nc1ccc2c(c1)OC1(CCCCC1)O2)C(=O)Nc1ccccc1F. The number of fused-ring (bicyclic) bond motifs is 1. The molecule has 1 saturated carbocycles. The topological polar surface area (TPSA) is 59.6 Å². The predicted octanol–water partition coefficient (Wildman–Crippen LogP) is 4.70. The lowest BCUT2D eigenvalue weighted by atomic mass is 9.94. The van der Waals surface area contributed by atoms with Crippen LogP contribution in [0.5, 0.6) is 11.5 Å². The number of carbonyl (C=O) groups excluding carboxylic acids is 1. The number of hydrogen-bond acceptors (Lipinski definition) is 4. The van der Waals surface area contributed by atoms with Crippen molar-refractivity contribution in [2.24, 2.45) is 0 Å². The van der Waals surface area contributed by atoms with Gasteiger partial charge in [0.15, 0.2) is 11.5 Å². The highest BCUT2D eigenvalue weighted by molar-refractivity contribution is 5.96. The number of ether oxygens (including phenoxy) is 2. The molecule has 2 N–H and O–H groups in total. The van der Waals surface area contributed by atoms with Crippen LogP contribution >= 0.6 is 0 Å². The second-order valence-electron chi connectivity index (χ2n) is 7.17. The number of anilines is 2. The van der Waals surface area contributed by atoms with Crippen LogP contribution in [-0.2, 0) is 4.79 Å². The normalized spacial score (nSPS) is 18.1. The van der Waals surface area contributed by atoms with Crippen LogP contribution in [0.3, 0.4) is 0 Å². The Kier molecular flexibility index (Phi) is 4.64. The van der Waals surface area contributed by atoms with Crippen molar-refractivity contribution >= 4 is 17.3 Å². The summed E-state index contributed by atoms with van der Waals surface area (Å²) in [6, 6.07) is 11.1. The fourth-order valence-electron chi connectivity index (χ4n) is 3.60. The summed E-state index contributed by atoms with van der Waals surface area (Å²) in [5.74, 6) is 0.141. The third-order valence-electron chi connectivity index (χ3n) is 5.06. The smallest absolute Gasteiger partial charge is 0.251 e. The Hall–Kier alpha value is -2.76. The fourth-order valence-corrected chi connectivity index (χ4v) is 3.60. The summed E-state index contributed by atoms with van der Waals surface area (Å²) < 4.78 is 25.9. The first-order valence-electron chi connectivity index (χ1n) is 9.39. The van der Waals surface area contributed by atoms with Crippen molar-refractivity contribution in [2.75, 3.05) is 10.6 Å². The van der Waals surface area contributed by atoms with Crippen molar-refractivity contribution < 1.29 is 18.7 Å². The van der Waals surface area contributed by atoms with Crippen molar-refractivity contribution in [2.45, 2.75) is 50.9 Å². The van der Waals surface area contributed by atoms with Gasteiger partial charge in [-0.1, -0.05) is 18.6 Å². The third-order valence-corrected chi connectivity index (χ3v) is 5.06. The molecule has 142 valence electrons. The predicted molar refractivity (Wildman–Crippen MR) is 102 cm³/mol. The Morgan fingerprint density at radius 2 is 1.81 bits per heavy atom. The van der Waals surface area contributed by atoms with E-state index in [1.54, 1.807) is 19.1 Å². The molecule has 6 heteroatoms. The van der Waals surface area contributed by atoms with Gasteiger partial charge >= 0.3 is 0 Å². The summed E-state index contributed by atoms with van der Waals surface area (Å²) in [5, 5.41) is 5.73. The molecule has 2 aliphatic rings. The van der Waals surface area contributed by atoms with Crippen molar-refractivity contribution in [3.63, 3.8) is 0 Å². The van der Waals surface area contributed by atoms with Gasteiger partial charge in [-0.05, 0) is 44.0 Å². The molecule has 4 rings (SSSR count). The van der Waals surface area contributed by atoms with Gasteiger partial charge in [0, 0.05) is 24.6 Å². The number of nitrogens with one attached hydrogen (secondary N) is 2. The van der Waals surface area contributed by atoms with Crippen LogP contribution in [0.1, 0.15) is 39.0 Å². The summed E-state index contributed by atoms with van der Waals surface area (Å²) in [6.07, 6.45) is 5.21. The van der Waals surface area contributed by atoms with Gasteiger partial charge in [-0.3, -0.25) is 4.79 Å². The van der Waals surface area contributed by atoms with Gasteiger partial charge in [-0.2, -0.15) is 0 Å². The van der Waals surface area contributed by atoms with Crippen molar-refractivity contribution in [3.05, 3.63) is 48.3 Å². The van der Waals surface area contributed by atoms with Crippen LogP contribution in [0.4, 0.5) is 15.8 Å². The average Bonchev–Trinajstić information content (AvgIpc) is 3.00. The zero-order chi connectivity index (χ0) is 18.9. The average molecular weight is 370 g/mol. The molecule has 0 bridgehead atoms. The van der Waals surface area contributed by atoms with Gasteiger partial charge < -0.3 is 20.1 Å². The van der Waals surface area contributed by atoms with E-state index in [4.69, 9.17) is 9.47 Å². The first-order valence-corrected chi connectivity index (χ1v) is 9.39. The molecule has 1 aliphatic heterocycles. The maximum Gasteiger partial charge on any atom is 0.251 e. The van der Waals surface area contributed by atoms with Crippen molar-refractivity contribution in [1.82, 2.24) is 0 Å². The van der Waals surface area contributed by atoms with E-state index in [1.807, 2.05) is 18.2 Å². The first-order chi connectivity index (χ1) is 13.0. The lowest BCUT2D eigenvalue weighted by Crippen LogP contribution is -2.40. The maximum atomic E-state index is 13.7. The number of rotatable bonds is 4. The molecule has 0 aromatic heterocycles. The molecule has 27 heavy (non-hydrogen) atoms. The summed E-state index contributed by atoms with van der Waals surface area (Å²) in [6.45, 7) is 1.73. The van der Waals surface area contributed by atoms with E-state index in [-0.39, 0.29) is 11.6 Å². The molecule has 2 aromatic rings. The standard InChI is InChI=1S/C21H23FN2O3/c1-14(20(25)24-17-8-4-3-7-16(17)22)23-15-9-10-18-19(13-15)27-21(26-18)11-5-2-6-12-21/h3-4,7-10,13-14,23H,2,5-6,11-12H2,1H3,(H,24,25). The van der Waals surface area contributed by atoms with Crippen LogP contribution in [0, 0.1) is 5.82 Å². The van der Waals surface area contributed by atoms with Crippen LogP contribution in [0.25, 0.3) is 0 Å². The fraction of sp³-hybridized carbons (Fsp3) is 0.381. The molecule has 1 spiro atoms. The molecule has 0 saturated heterocycles. The van der Waals surface area contributed by atoms with Gasteiger partial charge in [0.2, 0.25) is 5.91 Å². The van der Waals surface area contributed by atoms with E-state index >= 15 is 0 Å². The molecule has 1 fully saturated rings. The Bertz CT molecular complexity index is 849. The van der Waals surface area contributed by atoms with Crippen molar-refractivity contribution in [1.29, 1.82) is 0 Å². The largest absolute Gasteiger partial charge is 0.448 e. The van der Waals surface area contributed by atoms with Gasteiger partial charge in [0.1, 0.15) is 11.9 Å². The highest BCUT2D eigenvalue weighted by atomic mass is 19.1. The van der Waals surface area contributed by atoms with Gasteiger partial charge in [-0.25, -0.2) is 4.39 Å². The van der Waals surface area contributed by atoms with Crippen LogP contribution in [0.2, 0.25) is 0 Å². The Labute approximate surface area is 157 Å². The van der Waals surface area contributed by atoms with Gasteiger partial charge in [0.05, 0.1) is 5.69 Å². The molecule has 1 atom stereocenters. The Balaban J connectivity index is 1.41. The molecule has 1 unspecified atom stereocenters. The molecule has 1 aliphatic carbocycles. The number of amides is 1. The molecular formula is C21H23FN2O3. The van der Waals surface area contributed by atoms with Crippen LogP contribution in [-0.4, -0.2) is 17.7 Å². The minimum Gasteiger partial charge on any atom is -0.448 e. The van der Waals surface area contributed by atoms with E-state index in [0.29, 0.717) is 5.75 Å². The quantitative estimate of drug-likeness (QED) is 0.819. The van der Waals surface area contributed by atoms with Crippen molar-refractivity contribution in [3.8, 4) is 11.5 Å². The van der Waals surface area contributed by atoms with Gasteiger partial charge in [-0.15, -0.1) is 0 Å². The summed E-state index contributed by atoms with van der Waals surface area (Å²) in [5.41, 5.74) is 0.919. The number of halogens is 1. The lowest BCUT2D eigenvalue weighted by molar-refractivity contribution is -0.116. The number of para-hydroxylation sites is 1. The lowest BCUT2D eigenvalue weighted by Gasteiger charge is -2.31. The third kappa shape index (κ3) is 3.70. The minimum absolute atomic E-state index is 0.168. The summed E-state index contributed by atoms with van der Waals surface area (Å²) >= 11 is 0. The van der Waals surface area contributed by atoms with E-state index < -0.39 is 17.6 Å². The molecule has 1 heterocycles. The highest BCUT2D eigenvalue weighted by Crippen LogP contribution is 2.46. The zero-order valence-corrected chi connectivity index (χ0v) is 15.3. The summed E-state index contributed by atoms with van der Waals surface area (Å²) in [4.78, 5) is 12.3. The molecular weight excluding hydrogens is 347 g/mol.